The lowest BCUT2D eigenvalue weighted by molar-refractivity contribution is 0.772. The first-order valence-electron chi connectivity index (χ1n) is 6.94. The van der Waals surface area contributed by atoms with Crippen LogP contribution in [0.5, 0.6) is 0 Å². The number of nitrogens with zero attached hydrogens (tertiary/aromatic N) is 3. The van der Waals surface area contributed by atoms with Crippen LogP contribution < -0.4 is 10.6 Å². The quantitative estimate of drug-likeness (QED) is 0.632. The Balaban J connectivity index is 1.66. The largest absolute Gasteiger partial charge is 0.356 e. The van der Waals surface area contributed by atoms with Crippen molar-refractivity contribution in [2.24, 2.45) is 4.99 Å². The van der Waals surface area contributed by atoms with E-state index in [-0.39, 0.29) is 0 Å². The molecule has 0 saturated heterocycles. The SMILES string of the molecule is CN=C(NCCc1csc(C)n1)NCCc1csc(C)n1. The zero-order chi connectivity index (χ0) is 15.1. The maximum Gasteiger partial charge on any atom is 0.191 e. The van der Waals surface area contributed by atoms with Gasteiger partial charge in [-0.3, -0.25) is 4.99 Å². The first kappa shape index (κ1) is 15.9. The average molecular weight is 323 g/mol. The first-order valence-corrected chi connectivity index (χ1v) is 8.70. The minimum absolute atomic E-state index is 0.828. The summed E-state index contributed by atoms with van der Waals surface area (Å²) in [6.45, 7) is 5.72. The normalized spacial score (nSPS) is 10.4. The van der Waals surface area contributed by atoms with Crippen LogP contribution in [0.1, 0.15) is 21.4 Å². The van der Waals surface area contributed by atoms with Crippen molar-refractivity contribution in [1.29, 1.82) is 0 Å². The molecule has 0 aliphatic rings. The number of aromatic nitrogens is 2. The summed E-state index contributed by atoms with van der Waals surface area (Å²) >= 11 is 3.38. The summed E-state index contributed by atoms with van der Waals surface area (Å²) in [5, 5.41) is 13.1. The highest BCUT2D eigenvalue weighted by atomic mass is 32.1. The molecule has 0 saturated carbocycles. The van der Waals surface area contributed by atoms with E-state index in [1.54, 1.807) is 29.7 Å². The molecule has 2 aromatic heterocycles. The molecule has 0 fully saturated rings. The van der Waals surface area contributed by atoms with E-state index in [2.05, 4.69) is 36.4 Å². The molecule has 2 aromatic rings. The molecule has 2 rings (SSSR count). The van der Waals surface area contributed by atoms with Crippen molar-refractivity contribution >= 4 is 28.6 Å². The number of nitrogens with one attached hydrogen (secondary N) is 2. The third kappa shape index (κ3) is 5.43. The molecule has 0 spiro atoms. The van der Waals surface area contributed by atoms with Gasteiger partial charge in [-0.25, -0.2) is 9.97 Å². The Kier molecular flexibility index (Phi) is 6.13. The van der Waals surface area contributed by atoms with Gasteiger partial charge in [0.2, 0.25) is 0 Å². The number of guanidine groups is 1. The molecule has 2 heterocycles. The highest BCUT2D eigenvalue weighted by Crippen LogP contribution is 2.08. The number of thiazole rings is 2. The predicted octanol–water partition coefficient (Wildman–Crippen LogP) is 2.17. The molecule has 0 aliphatic carbocycles. The Morgan fingerprint density at radius 1 is 1.00 bits per heavy atom. The third-order valence-corrected chi connectivity index (χ3v) is 4.55. The summed E-state index contributed by atoms with van der Waals surface area (Å²) in [7, 11) is 1.79. The average Bonchev–Trinajstić information content (AvgIpc) is 3.06. The summed E-state index contributed by atoms with van der Waals surface area (Å²) in [5.41, 5.74) is 2.27. The van der Waals surface area contributed by atoms with Crippen molar-refractivity contribution in [2.45, 2.75) is 26.7 Å². The second-order valence-corrected chi connectivity index (χ2v) is 6.77. The van der Waals surface area contributed by atoms with Crippen LogP contribution in [-0.4, -0.2) is 36.1 Å². The maximum atomic E-state index is 4.45. The van der Waals surface area contributed by atoms with E-state index in [1.807, 2.05) is 13.8 Å². The number of aliphatic imine (C=N–C) groups is 1. The Morgan fingerprint density at radius 2 is 1.48 bits per heavy atom. The van der Waals surface area contributed by atoms with Gasteiger partial charge in [0, 0.05) is 43.7 Å². The Morgan fingerprint density at radius 3 is 1.81 bits per heavy atom. The molecule has 0 aromatic carbocycles. The van der Waals surface area contributed by atoms with Crippen molar-refractivity contribution in [1.82, 2.24) is 20.6 Å². The van der Waals surface area contributed by atoms with Gasteiger partial charge in [0.15, 0.2) is 5.96 Å². The molecular weight excluding hydrogens is 302 g/mol. The predicted molar refractivity (Wildman–Crippen MR) is 90.5 cm³/mol. The van der Waals surface area contributed by atoms with Crippen LogP contribution in [0.3, 0.4) is 0 Å². The van der Waals surface area contributed by atoms with Gasteiger partial charge >= 0.3 is 0 Å². The van der Waals surface area contributed by atoms with Gasteiger partial charge in [-0.2, -0.15) is 0 Å². The van der Waals surface area contributed by atoms with Crippen molar-refractivity contribution in [2.75, 3.05) is 20.1 Å². The van der Waals surface area contributed by atoms with Crippen molar-refractivity contribution < 1.29 is 0 Å². The minimum Gasteiger partial charge on any atom is -0.356 e. The number of rotatable bonds is 6. The van der Waals surface area contributed by atoms with E-state index in [4.69, 9.17) is 0 Å². The van der Waals surface area contributed by atoms with Gasteiger partial charge in [0.1, 0.15) is 0 Å². The molecule has 0 amide bonds. The van der Waals surface area contributed by atoms with E-state index in [0.717, 1.165) is 53.3 Å². The third-order valence-electron chi connectivity index (χ3n) is 2.90. The summed E-state index contributed by atoms with van der Waals surface area (Å²) in [5.74, 6) is 0.828. The lowest BCUT2D eigenvalue weighted by Crippen LogP contribution is -2.39. The van der Waals surface area contributed by atoms with Gasteiger partial charge in [-0.1, -0.05) is 0 Å². The molecule has 7 heteroatoms. The molecule has 0 unspecified atom stereocenters. The van der Waals surface area contributed by atoms with Crippen LogP contribution >= 0.6 is 22.7 Å². The minimum atomic E-state index is 0.828. The summed E-state index contributed by atoms with van der Waals surface area (Å²) in [4.78, 5) is 13.1. The van der Waals surface area contributed by atoms with E-state index in [0.29, 0.717) is 0 Å². The van der Waals surface area contributed by atoms with Crippen LogP contribution in [0.15, 0.2) is 15.8 Å². The van der Waals surface area contributed by atoms with Gasteiger partial charge in [0.05, 0.1) is 21.4 Å². The Bertz CT molecular complexity index is 539. The molecule has 0 aliphatic heterocycles. The van der Waals surface area contributed by atoms with Gasteiger partial charge < -0.3 is 10.6 Å². The number of hydrogen-bond donors (Lipinski definition) is 2. The standard InChI is InChI=1S/C14H21N5S2/c1-10-18-12(8-20-10)4-6-16-14(15-3)17-7-5-13-9-21-11(2)19-13/h8-9H,4-7H2,1-3H3,(H2,15,16,17). The van der Waals surface area contributed by atoms with Crippen LogP contribution in [0.25, 0.3) is 0 Å². The fourth-order valence-electron chi connectivity index (χ4n) is 1.88. The summed E-state index contributed by atoms with van der Waals surface area (Å²) < 4.78 is 0. The monoisotopic (exact) mass is 323 g/mol. The summed E-state index contributed by atoms with van der Waals surface area (Å²) in [6, 6.07) is 0. The molecule has 0 radical (unpaired) electrons. The van der Waals surface area contributed by atoms with Crippen LogP contribution in [0, 0.1) is 13.8 Å². The van der Waals surface area contributed by atoms with Gasteiger partial charge in [0.25, 0.3) is 0 Å². The Hall–Kier alpha value is -1.47. The second kappa shape index (κ2) is 8.09. The molecule has 0 atom stereocenters. The molecule has 0 bridgehead atoms. The molecular formula is C14H21N5S2. The van der Waals surface area contributed by atoms with Crippen LogP contribution in [0.4, 0.5) is 0 Å². The molecule has 5 nitrogen and oxygen atoms in total. The highest BCUT2D eigenvalue weighted by molar-refractivity contribution is 7.09. The topological polar surface area (TPSA) is 62.2 Å². The Labute approximate surface area is 133 Å². The van der Waals surface area contributed by atoms with E-state index in [1.165, 1.54) is 0 Å². The second-order valence-electron chi connectivity index (χ2n) is 4.64. The van der Waals surface area contributed by atoms with Crippen LogP contribution in [0.2, 0.25) is 0 Å². The van der Waals surface area contributed by atoms with E-state index >= 15 is 0 Å². The van der Waals surface area contributed by atoms with Crippen LogP contribution in [-0.2, 0) is 12.8 Å². The van der Waals surface area contributed by atoms with E-state index < -0.39 is 0 Å². The first-order chi connectivity index (χ1) is 10.2. The van der Waals surface area contributed by atoms with E-state index in [9.17, 15) is 0 Å². The zero-order valence-electron chi connectivity index (χ0n) is 12.6. The number of hydrogen-bond acceptors (Lipinski definition) is 5. The van der Waals surface area contributed by atoms with Crippen molar-refractivity contribution in [3.8, 4) is 0 Å². The fraction of sp³-hybridized carbons (Fsp3) is 0.500. The molecule has 21 heavy (non-hydrogen) atoms. The maximum absolute atomic E-state index is 4.45. The molecule has 114 valence electrons. The highest BCUT2D eigenvalue weighted by Gasteiger charge is 2.02. The van der Waals surface area contributed by atoms with Crippen molar-refractivity contribution in [3.05, 3.63) is 32.2 Å². The van der Waals surface area contributed by atoms with Gasteiger partial charge in [-0.05, 0) is 13.8 Å². The lowest BCUT2D eigenvalue weighted by atomic mass is 10.3. The van der Waals surface area contributed by atoms with Crippen molar-refractivity contribution in [3.63, 3.8) is 0 Å². The zero-order valence-corrected chi connectivity index (χ0v) is 14.3. The molecule has 2 N–H and O–H groups in total. The lowest BCUT2D eigenvalue weighted by Gasteiger charge is -2.10. The fourth-order valence-corrected chi connectivity index (χ4v) is 3.18. The number of aryl methyl sites for hydroxylation is 2. The smallest absolute Gasteiger partial charge is 0.191 e. The van der Waals surface area contributed by atoms with Gasteiger partial charge in [-0.15, -0.1) is 22.7 Å². The summed E-state index contributed by atoms with van der Waals surface area (Å²) in [6.07, 6.45) is 1.83.